The zero-order valence-electron chi connectivity index (χ0n) is 14.8. The van der Waals surface area contributed by atoms with E-state index in [1.807, 2.05) is 39.0 Å². The van der Waals surface area contributed by atoms with Crippen molar-refractivity contribution in [3.63, 3.8) is 0 Å². The summed E-state index contributed by atoms with van der Waals surface area (Å²) in [6, 6.07) is 5.51. The first kappa shape index (κ1) is 18.3. The van der Waals surface area contributed by atoms with Crippen molar-refractivity contribution in [1.82, 2.24) is 10.6 Å². The number of ether oxygens (including phenoxy) is 1. The number of rotatable bonds is 7. The molecule has 0 saturated carbocycles. The molecule has 6 nitrogen and oxygen atoms in total. The summed E-state index contributed by atoms with van der Waals surface area (Å²) in [5.41, 5.74) is 1.66. The molecule has 1 aromatic carbocycles. The minimum Gasteiger partial charge on any atom is -0.482 e. The summed E-state index contributed by atoms with van der Waals surface area (Å²) in [5.74, 6) is 0.514. The average Bonchev–Trinajstić information content (AvgIpc) is 2.54. The van der Waals surface area contributed by atoms with Crippen molar-refractivity contribution >= 4 is 17.5 Å². The van der Waals surface area contributed by atoms with Crippen molar-refractivity contribution < 1.29 is 14.3 Å². The van der Waals surface area contributed by atoms with Crippen molar-refractivity contribution in [3.8, 4) is 5.75 Å². The maximum Gasteiger partial charge on any atom is 0.262 e. The molecule has 0 fully saturated rings. The fourth-order valence-electron chi connectivity index (χ4n) is 2.79. The number of carbonyl (C=O) groups is 2. The topological polar surface area (TPSA) is 79.5 Å². The van der Waals surface area contributed by atoms with E-state index in [-0.39, 0.29) is 36.5 Å². The Morgan fingerprint density at radius 1 is 1.33 bits per heavy atom. The van der Waals surface area contributed by atoms with Crippen LogP contribution in [0.3, 0.4) is 0 Å². The molecule has 1 heterocycles. The van der Waals surface area contributed by atoms with Gasteiger partial charge < -0.3 is 15.4 Å². The Morgan fingerprint density at radius 2 is 2.08 bits per heavy atom. The largest absolute Gasteiger partial charge is 0.482 e. The summed E-state index contributed by atoms with van der Waals surface area (Å²) in [6.45, 7) is 8.02. The number of nitrogens with one attached hydrogen (secondary N) is 3. The van der Waals surface area contributed by atoms with Crippen LogP contribution in [-0.2, 0) is 9.59 Å². The molecule has 1 aromatic rings. The van der Waals surface area contributed by atoms with Crippen LogP contribution < -0.4 is 20.7 Å². The molecule has 0 radical (unpaired) electrons. The van der Waals surface area contributed by atoms with Crippen molar-refractivity contribution in [2.75, 3.05) is 11.9 Å². The molecule has 0 saturated heterocycles. The summed E-state index contributed by atoms with van der Waals surface area (Å²) >= 11 is 0. The van der Waals surface area contributed by atoms with Gasteiger partial charge in [-0.3, -0.25) is 14.9 Å². The van der Waals surface area contributed by atoms with E-state index in [1.165, 1.54) is 0 Å². The lowest BCUT2D eigenvalue weighted by Gasteiger charge is -2.24. The smallest absolute Gasteiger partial charge is 0.262 e. The van der Waals surface area contributed by atoms with Gasteiger partial charge in [-0.25, -0.2) is 0 Å². The van der Waals surface area contributed by atoms with E-state index in [4.69, 9.17) is 4.74 Å². The third-order valence-electron chi connectivity index (χ3n) is 4.14. The van der Waals surface area contributed by atoms with Crippen LogP contribution >= 0.6 is 0 Å². The standard InChI is InChI=1S/C18H27N3O3/c1-5-6-11(2)19-18(23)13(4)20-12(3)14-7-8-16-15(9-14)21-17(22)10-24-16/h7-9,11-13,20H,5-6,10H2,1-4H3,(H,19,23)(H,21,22)/t11-,12+,13+/m0/s1. The van der Waals surface area contributed by atoms with Gasteiger partial charge in [-0.1, -0.05) is 19.4 Å². The van der Waals surface area contributed by atoms with E-state index in [1.54, 1.807) is 0 Å². The van der Waals surface area contributed by atoms with Gasteiger partial charge in [-0.05, 0) is 44.9 Å². The van der Waals surface area contributed by atoms with E-state index in [9.17, 15) is 9.59 Å². The van der Waals surface area contributed by atoms with Crippen LogP contribution in [0, 0.1) is 0 Å². The first-order valence-corrected chi connectivity index (χ1v) is 8.53. The van der Waals surface area contributed by atoms with Crippen molar-refractivity contribution in [2.45, 2.75) is 58.7 Å². The van der Waals surface area contributed by atoms with Crippen LogP contribution in [-0.4, -0.2) is 30.5 Å². The Kier molecular flexibility index (Phi) is 6.20. The van der Waals surface area contributed by atoms with Gasteiger partial charge in [-0.2, -0.15) is 0 Å². The van der Waals surface area contributed by atoms with Crippen LogP contribution in [0.5, 0.6) is 5.75 Å². The lowest BCUT2D eigenvalue weighted by atomic mass is 10.1. The van der Waals surface area contributed by atoms with Gasteiger partial charge in [0.1, 0.15) is 5.75 Å². The number of anilines is 1. The van der Waals surface area contributed by atoms with Crippen molar-refractivity contribution in [2.24, 2.45) is 0 Å². The molecule has 2 amide bonds. The average molecular weight is 333 g/mol. The van der Waals surface area contributed by atoms with Gasteiger partial charge in [0.05, 0.1) is 11.7 Å². The van der Waals surface area contributed by atoms with Crippen LogP contribution in [0.15, 0.2) is 18.2 Å². The number of benzene rings is 1. The molecule has 1 aliphatic heterocycles. The Bertz CT molecular complexity index is 603. The Hall–Kier alpha value is -2.08. The summed E-state index contributed by atoms with van der Waals surface area (Å²) in [6.07, 6.45) is 2.01. The van der Waals surface area contributed by atoms with E-state index in [0.29, 0.717) is 11.4 Å². The number of fused-ring (bicyclic) bond motifs is 1. The second kappa shape index (κ2) is 8.15. The first-order chi connectivity index (χ1) is 11.4. The Balaban J connectivity index is 1.96. The summed E-state index contributed by atoms with van der Waals surface area (Å²) in [7, 11) is 0. The monoisotopic (exact) mass is 333 g/mol. The van der Waals surface area contributed by atoms with Crippen LogP contribution in [0.2, 0.25) is 0 Å². The second-order valence-corrected chi connectivity index (χ2v) is 6.40. The zero-order valence-corrected chi connectivity index (χ0v) is 14.8. The molecule has 3 atom stereocenters. The molecule has 132 valence electrons. The predicted molar refractivity (Wildman–Crippen MR) is 94.1 cm³/mol. The maximum absolute atomic E-state index is 12.2. The molecular formula is C18H27N3O3. The summed E-state index contributed by atoms with van der Waals surface area (Å²) in [5, 5.41) is 9.11. The number of carbonyl (C=O) groups excluding carboxylic acids is 2. The molecular weight excluding hydrogens is 306 g/mol. The fraction of sp³-hybridized carbons (Fsp3) is 0.556. The first-order valence-electron chi connectivity index (χ1n) is 8.53. The molecule has 0 unspecified atom stereocenters. The highest BCUT2D eigenvalue weighted by Crippen LogP contribution is 2.30. The van der Waals surface area contributed by atoms with E-state index < -0.39 is 0 Å². The Labute approximate surface area is 143 Å². The quantitative estimate of drug-likeness (QED) is 0.716. The molecule has 6 heteroatoms. The third-order valence-corrected chi connectivity index (χ3v) is 4.14. The fourth-order valence-corrected chi connectivity index (χ4v) is 2.79. The highest BCUT2D eigenvalue weighted by Gasteiger charge is 2.20. The van der Waals surface area contributed by atoms with Gasteiger partial charge in [0.15, 0.2) is 6.61 Å². The molecule has 1 aliphatic rings. The van der Waals surface area contributed by atoms with E-state index in [2.05, 4.69) is 22.9 Å². The predicted octanol–water partition coefficient (Wildman–Crippen LogP) is 2.36. The SMILES string of the molecule is CCC[C@H](C)NC(=O)[C@@H](C)N[C@H](C)c1ccc2c(c1)NC(=O)CO2. The normalized spacial score (nSPS) is 17.1. The lowest BCUT2D eigenvalue weighted by molar-refractivity contribution is -0.123. The number of amides is 2. The molecule has 3 N–H and O–H groups in total. The zero-order chi connectivity index (χ0) is 17.7. The molecule has 0 bridgehead atoms. The van der Waals surface area contributed by atoms with Gasteiger partial charge in [0, 0.05) is 12.1 Å². The third kappa shape index (κ3) is 4.71. The highest BCUT2D eigenvalue weighted by atomic mass is 16.5. The van der Waals surface area contributed by atoms with Crippen molar-refractivity contribution in [3.05, 3.63) is 23.8 Å². The minimum atomic E-state index is -0.304. The lowest BCUT2D eigenvalue weighted by Crippen LogP contribution is -2.46. The van der Waals surface area contributed by atoms with Crippen LogP contribution in [0.1, 0.15) is 52.1 Å². The van der Waals surface area contributed by atoms with Gasteiger partial charge in [0.2, 0.25) is 5.91 Å². The van der Waals surface area contributed by atoms with E-state index >= 15 is 0 Å². The van der Waals surface area contributed by atoms with Crippen LogP contribution in [0.25, 0.3) is 0 Å². The second-order valence-electron chi connectivity index (χ2n) is 6.40. The minimum absolute atomic E-state index is 0.00241. The molecule has 0 spiro atoms. The van der Waals surface area contributed by atoms with Crippen LogP contribution in [0.4, 0.5) is 5.69 Å². The van der Waals surface area contributed by atoms with E-state index in [0.717, 1.165) is 18.4 Å². The number of hydrogen-bond acceptors (Lipinski definition) is 4. The molecule has 0 aliphatic carbocycles. The van der Waals surface area contributed by atoms with Crippen molar-refractivity contribution in [1.29, 1.82) is 0 Å². The van der Waals surface area contributed by atoms with Gasteiger partial charge in [0.25, 0.3) is 5.91 Å². The number of hydrogen-bond donors (Lipinski definition) is 3. The highest BCUT2D eigenvalue weighted by molar-refractivity contribution is 5.95. The molecule has 0 aromatic heterocycles. The van der Waals surface area contributed by atoms with Gasteiger partial charge >= 0.3 is 0 Å². The maximum atomic E-state index is 12.2. The molecule has 24 heavy (non-hydrogen) atoms. The summed E-state index contributed by atoms with van der Waals surface area (Å²) in [4.78, 5) is 23.6. The van der Waals surface area contributed by atoms with Gasteiger partial charge in [-0.15, -0.1) is 0 Å². The molecule has 2 rings (SSSR count). The Morgan fingerprint density at radius 3 is 2.79 bits per heavy atom. The summed E-state index contributed by atoms with van der Waals surface area (Å²) < 4.78 is 5.36.